The zero-order valence-corrected chi connectivity index (χ0v) is 13.8. The summed E-state index contributed by atoms with van der Waals surface area (Å²) in [6, 6.07) is 6.55. The first-order valence-electron chi connectivity index (χ1n) is 8.16. The quantitative estimate of drug-likeness (QED) is 0.724. The number of Topliss-reactive ketones (excluding diaryl/α,β-unsaturated/α-hetero) is 1. The van der Waals surface area contributed by atoms with Crippen LogP contribution in [0.5, 0.6) is 5.75 Å². The van der Waals surface area contributed by atoms with Gasteiger partial charge >= 0.3 is 0 Å². The monoisotopic (exact) mass is 302 g/mol. The Morgan fingerprint density at radius 1 is 1.24 bits per heavy atom. The van der Waals surface area contributed by atoms with Crippen LogP contribution in [0.2, 0.25) is 0 Å². The third-order valence-electron chi connectivity index (χ3n) is 6.54. The van der Waals surface area contributed by atoms with Gasteiger partial charge in [0.15, 0.2) is 0 Å². The van der Waals surface area contributed by atoms with Crippen molar-refractivity contribution in [3.05, 3.63) is 29.3 Å². The summed E-state index contributed by atoms with van der Waals surface area (Å²) in [5, 5.41) is 0. The van der Waals surface area contributed by atoms with Crippen LogP contribution in [0.3, 0.4) is 0 Å². The number of benzene rings is 1. The van der Waals surface area contributed by atoms with Crippen LogP contribution in [0.15, 0.2) is 18.2 Å². The van der Waals surface area contributed by atoms with E-state index in [0.29, 0.717) is 23.5 Å². The van der Waals surface area contributed by atoms with Gasteiger partial charge in [-0.25, -0.2) is 0 Å². The van der Waals surface area contributed by atoms with E-state index in [1.807, 2.05) is 0 Å². The van der Waals surface area contributed by atoms with E-state index in [0.717, 1.165) is 31.4 Å². The summed E-state index contributed by atoms with van der Waals surface area (Å²) in [5.74, 6) is 3.47. The first-order chi connectivity index (χ1) is 10.1. The minimum atomic E-state index is -0.0121. The van der Waals surface area contributed by atoms with E-state index in [-0.39, 0.29) is 5.41 Å². The van der Waals surface area contributed by atoms with Crippen LogP contribution < -0.4 is 4.52 Å². The number of aryl methyl sites for hydroxylation is 1. The normalized spacial score (nSPS) is 37.6. The van der Waals surface area contributed by atoms with Crippen LogP contribution in [0.1, 0.15) is 56.1 Å². The molecule has 1 aromatic carbocycles. The molecule has 0 spiro atoms. The molecule has 3 aliphatic carbocycles. The van der Waals surface area contributed by atoms with Crippen LogP contribution in [-0.2, 0) is 11.2 Å². The maximum absolute atomic E-state index is 12.3. The van der Waals surface area contributed by atoms with Crippen LogP contribution in [0.25, 0.3) is 0 Å². The molecule has 2 fully saturated rings. The molecule has 0 aliphatic heterocycles. The molecule has 0 saturated heterocycles. The van der Waals surface area contributed by atoms with Crippen LogP contribution >= 0.6 is 9.47 Å². The second kappa shape index (κ2) is 4.81. The molecule has 0 radical (unpaired) electrons. The highest BCUT2D eigenvalue weighted by Crippen LogP contribution is 2.59. The Morgan fingerprint density at radius 2 is 2.10 bits per heavy atom. The van der Waals surface area contributed by atoms with E-state index < -0.39 is 0 Å². The Morgan fingerprint density at radius 3 is 2.90 bits per heavy atom. The summed E-state index contributed by atoms with van der Waals surface area (Å²) in [6.45, 7) is 2.24. The third-order valence-corrected chi connectivity index (χ3v) is 6.82. The maximum atomic E-state index is 12.3. The molecule has 3 heteroatoms. The summed E-state index contributed by atoms with van der Waals surface area (Å²) in [4.78, 5) is 12.3. The molecule has 4 rings (SSSR count). The van der Waals surface area contributed by atoms with Gasteiger partial charge < -0.3 is 4.52 Å². The van der Waals surface area contributed by atoms with Crippen LogP contribution in [0.4, 0.5) is 0 Å². The van der Waals surface area contributed by atoms with E-state index >= 15 is 0 Å². The topological polar surface area (TPSA) is 26.3 Å². The van der Waals surface area contributed by atoms with Gasteiger partial charge in [-0.2, -0.15) is 0 Å². The fourth-order valence-corrected chi connectivity index (χ4v) is 5.55. The van der Waals surface area contributed by atoms with E-state index in [1.165, 1.54) is 24.0 Å². The number of carbonyl (C=O) groups excluding carboxylic acids is 1. The van der Waals surface area contributed by atoms with Crippen molar-refractivity contribution in [2.24, 2.45) is 17.3 Å². The number of rotatable bonds is 1. The Kier molecular flexibility index (Phi) is 3.15. The van der Waals surface area contributed by atoms with Crippen molar-refractivity contribution in [2.75, 3.05) is 0 Å². The van der Waals surface area contributed by atoms with Crippen molar-refractivity contribution in [3.8, 4) is 5.75 Å². The summed E-state index contributed by atoms with van der Waals surface area (Å²) in [7, 11) is 2.33. The second-order valence-corrected chi connectivity index (χ2v) is 7.55. The minimum Gasteiger partial charge on any atom is -0.480 e. The summed E-state index contributed by atoms with van der Waals surface area (Å²) < 4.78 is 5.29. The third kappa shape index (κ3) is 1.91. The first-order valence-corrected chi connectivity index (χ1v) is 8.63. The van der Waals surface area contributed by atoms with E-state index in [4.69, 9.17) is 4.52 Å². The van der Waals surface area contributed by atoms with Crippen molar-refractivity contribution in [3.63, 3.8) is 0 Å². The van der Waals surface area contributed by atoms with Crippen molar-refractivity contribution in [1.82, 2.24) is 0 Å². The zero-order valence-electron chi connectivity index (χ0n) is 12.6. The molecule has 0 amide bonds. The molecule has 21 heavy (non-hydrogen) atoms. The molecule has 0 aromatic heterocycles. The predicted molar refractivity (Wildman–Crippen MR) is 86.4 cm³/mol. The predicted octanol–water partition coefficient (Wildman–Crippen LogP) is 4.28. The van der Waals surface area contributed by atoms with Gasteiger partial charge in [0.25, 0.3) is 0 Å². The maximum Gasteiger partial charge on any atom is 0.139 e. The molecule has 112 valence electrons. The lowest BCUT2D eigenvalue weighted by Gasteiger charge is -2.48. The lowest BCUT2D eigenvalue weighted by atomic mass is 9.55. The number of hydrogen-bond donors (Lipinski definition) is 0. The largest absolute Gasteiger partial charge is 0.480 e. The van der Waals surface area contributed by atoms with Gasteiger partial charge in [0.1, 0.15) is 11.5 Å². The van der Waals surface area contributed by atoms with Crippen LogP contribution in [0, 0.1) is 17.3 Å². The van der Waals surface area contributed by atoms with Gasteiger partial charge in [-0.05, 0) is 73.1 Å². The Bertz CT molecular complexity index is 597. The second-order valence-electron chi connectivity index (χ2n) is 7.31. The minimum absolute atomic E-state index is 0.0121. The number of carbonyl (C=O) groups is 1. The molecular weight excluding hydrogens is 279 g/mol. The Hall–Kier alpha value is -0.880. The molecule has 2 nitrogen and oxygen atoms in total. The van der Waals surface area contributed by atoms with Crippen molar-refractivity contribution in [2.45, 2.75) is 51.4 Å². The summed E-state index contributed by atoms with van der Waals surface area (Å²) >= 11 is 0. The molecule has 0 heterocycles. The average molecular weight is 302 g/mol. The molecule has 3 aliphatic rings. The fourth-order valence-electron chi connectivity index (χ4n) is 5.40. The van der Waals surface area contributed by atoms with Gasteiger partial charge in [-0.15, -0.1) is 0 Å². The van der Waals surface area contributed by atoms with Crippen molar-refractivity contribution in [1.29, 1.82) is 0 Å². The Labute approximate surface area is 128 Å². The molecule has 0 bridgehead atoms. The molecule has 1 aromatic rings. The standard InChI is InChI=1S/C18H23O2P/c1-18-9-8-14-13-5-3-12(20-21)10-11(13)2-4-15(14)16(18)6-7-17(18)19/h3,5,10,14-16H,2,4,6-9,21H2,1H3. The van der Waals surface area contributed by atoms with E-state index in [1.54, 1.807) is 0 Å². The van der Waals surface area contributed by atoms with Gasteiger partial charge in [-0.3, -0.25) is 4.79 Å². The molecule has 5 atom stereocenters. The zero-order chi connectivity index (χ0) is 14.6. The fraction of sp³-hybridized carbons (Fsp3) is 0.611. The number of fused-ring (bicyclic) bond motifs is 5. The number of ketones is 1. The Balaban J connectivity index is 1.70. The highest BCUT2D eigenvalue weighted by atomic mass is 31.0. The van der Waals surface area contributed by atoms with E-state index in [9.17, 15) is 4.79 Å². The number of hydrogen-bond acceptors (Lipinski definition) is 2. The van der Waals surface area contributed by atoms with Crippen LogP contribution in [-0.4, -0.2) is 5.78 Å². The smallest absolute Gasteiger partial charge is 0.139 e. The van der Waals surface area contributed by atoms with Crippen molar-refractivity contribution >= 4 is 15.2 Å². The molecule has 5 unspecified atom stereocenters. The highest BCUT2D eigenvalue weighted by molar-refractivity contribution is 7.10. The highest BCUT2D eigenvalue weighted by Gasteiger charge is 2.54. The molecule has 0 N–H and O–H groups in total. The molecular formula is C18H23O2P. The van der Waals surface area contributed by atoms with Crippen molar-refractivity contribution < 1.29 is 9.32 Å². The first kappa shape index (κ1) is 13.8. The lowest BCUT2D eigenvalue weighted by molar-refractivity contribution is -0.129. The van der Waals surface area contributed by atoms with Gasteiger partial charge in [0, 0.05) is 11.8 Å². The van der Waals surface area contributed by atoms with Gasteiger partial charge in [-0.1, -0.05) is 13.0 Å². The summed E-state index contributed by atoms with van der Waals surface area (Å²) in [6.07, 6.45) is 6.58. The summed E-state index contributed by atoms with van der Waals surface area (Å²) in [5.41, 5.74) is 2.98. The lowest BCUT2D eigenvalue weighted by Crippen LogP contribution is -2.42. The SMILES string of the molecule is CC12CCC3c4ccc(OP)cc4CCC3C1CCC2=O. The average Bonchev–Trinajstić information content (AvgIpc) is 2.82. The molecule has 2 saturated carbocycles. The van der Waals surface area contributed by atoms with Gasteiger partial charge in [0.05, 0.1) is 9.47 Å². The van der Waals surface area contributed by atoms with E-state index in [2.05, 4.69) is 34.6 Å². The van der Waals surface area contributed by atoms with Gasteiger partial charge in [0.2, 0.25) is 0 Å².